The summed E-state index contributed by atoms with van der Waals surface area (Å²) >= 11 is 0. The Balaban J connectivity index is 3.51. The van der Waals surface area contributed by atoms with E-state index in [4.69, 9.17) is 4.74 Å². The zero-order chi connectivity index (χ0) is 21.2. The molecule has 4 heteroatoms. The minimum Gasteiger partial charge on any atom is -0.469 e. The van der Waals surface area contributed by atoms with Crippen LogP contribution in [-0.2, 0) is 30.6 Å². The summed E-state index contributed by atoms with van der Waals surface area (Å²) in [7, 11) is 1.31. The minimum absolute atomic E-state index is 0.000854. The van der Waals surface area contributed by atoms with Gasteiger partial charge in [0.25, 0.3) is 0 Å². The zero-order valence-electron chi connectivity index (χ0n) is 18.7. The lowest BCUT2D eigenvalue weighted by molar-refractivity contribution is -0.144. The van der Waals surface area contributed by atoms with Crippen LogP contribution in [0.25, 0.3) is 0 Å². The second kappa shape index (κ2) is 8.04. The number of rotatable bonds is 4. The number of methoxy groups -OCH3 is 1. The molecule has 0 spiro atoms. The van der Waals surface area contributed by atoms with Crippen LogP contribution in [0.15, 0.2) is 12.1 Å². The maximum absolute atomic E-state index is 12.4. The van der Waals surface area contributed by atoms with Crippen LogP contribution in [0.1, 0.15) is 91.8 Å². The fraction of sp³-hybridized carbons (Fsp3) is 0.652. The molecule has 0 amide bonds. The van der Waals surface area contributed by atoms with Crippen molar-refractivity contribution >= 4 is 11.9 Å². The zero-order valence-corrected chi connectivity index (χ0v) is 18.7. The van der Waals surface area contributed by atoms with Gasteiger partial charge in [-0.05, 0) is 21.8 Å². The molecular formula is C23H36O4. The Bertz CT molecular complexity index is 660. The van der Waals surface area contributed by atoms with E-state index >= 15 is 0 Å². The molecule has 0 bridgehead atoms. The van der Waals surface area contributed by atoms with E-state index in [2.05, 4.69) is 79.2 Å². The summed E-state index contributed by atoms with van der Waals surface area (Å²) in [6.07, 6.45) is 0.0198. The minimum atomic E-state index is -0.417. The van der Waals surface area contributed by atoms with Crippen molar-refractivity contribution in [3.63, 3.8) is 0 Å². The molecule has 0 aliphatic carbocycles. The molecule has 152 valence electrons. The van der Waals surface area contributed by atoms with Gasteiger partial charge in [-0.15, -0.1) is 0 Å². The standard InChI is InChI=1S/C23H36O4/c1-21(2,3)15-13-16(22(4,5)6)20(17(14-15)23(7,8)9)27-19(25)12-11-18(24)26-10/h13-14H,11-12H2,1-10H3. The van der Waals surface area contributed by atoms with Gasteiger partial charge in [-0.2, -0.15) is 0 Å². The fourth-order valence-corrected chi connectivity index (χ4v) is 2.76. The predicted octanol–water partition coefficient (Wildman–Crippen LogP) is 5.44. The summed E-state index contributed by atoms with van der Waals surface area (Å²) in [5.74, 6) is -0.208. The summed E-state index contributed by atoms with van der Waals surface area (Å²) in [4.78, 5) is 23.8. The van der Waals surface area contributed by atoms with Gasteiger partial charge in [0.1, 0.15) is 5.75 Å². The quantitative estimate of drug-likeness (QED) is 0.519. The molecule has 0 aliphatic heterocycles. The monoisotopic (exact) mass is 376 g/mol. The van der Waals surface area contributed by atoms with Gasteiger partial charge >= 0.3 is 11.9 Å². The highest BCUT2D eigenvalue weighted by molar-refractivity contribution is 5.79. The van der Waals surface area contributed by atoms with E-state index in [0.29, 0.717) is 5.75 Å². The van der Waals surface area contributed by atoms with Crippen LogP contribution in [0, 0.1) is 0 Å². The topological polar surface area (TPSA) is 52.6 Å². The molecule has 1 rings (SSSR count). The van der Waals surface area contributed by atoms with Crippen LogP contribution < -0.4 is 4.74 Å². The van der Waals surface area contributed by atoms with E-state index < -0.39 is 11.9 Å². The van der Waals surface area contributed by atoms with E-state index in [0.717, 1.165) is 11.1 Å². The first-order valence-corrected chi connectivity index (χ1v) is 9.54. The van der Waals surface area contributed by atoms with Gasteiger partial charge in [0.15, 0.2) is 0 Å². The second-order valence-corrected chi connectivity index (χ2v) is 10.2. The van der Waals surface area contributed by atoms with Crippen molar-refractivity contribution < 1.29 is 19.1 Å². The highest BCUT2D eigenvalue weighted by Gasteiger charge is 2.31. The lowest BCUT2D eigenvalue weighted by Crippen LogP contribution is -2.24. The van der Waals surface area contributed by atoms with Crippen LogP contribution in [0.2, 0.25) is 0 Å². The Morgan fingerprint density at radius 3 is 1.48 bits per heavy atom. The van der Waals surface area contributed by atoms with Gasteiger partial charge in [-0.25, -0.2) is 0 Å². The number of ether oxygens (including phenoxy) is 2. The van der Waals surface area contributed by atoms with Crippen LogP contribution in [0.5, 0.6) is 5.75 Å². The number of benzene rings is 1. The van der Waals surface area contributed by atoms with Crippen molar-refractivity contribution in [3.05, 3.63) is 28.8 Å². The van der Waals surface area contributed by atoms with E-state index in [1.54, 1.807) is 0 Å². The third-order valence-electron chi connectivity index (χ3n) is 4.55. The highest BCUT2D eigenvalue weighted by atomic mass is 16.5. The fourth-order valence-electron chi connectivity index (χ4n) is 2.76. The van der Waals surface area contributed by atoms with Crippen molar-refractivity contribution in [1.82, 2.24) is 0 Å². The largest absolute Gasteiger partial charge is 0.469 e. The summed E-state index contributed by atoms with van der Waals surface area (Å²) in [6, 6.07) is 4.30. The molecular weight excluding hydrogens is 340 g/mol. The summed E-state index contributed by atoms with van der Waals surface area (Å²) < 4.78 is 10.5. The Kier molecular flexibility index (Phi) is 6.90. The van der Waals surface area contributed by atoms with E-state index in [-0.39, 0.29) is 29.1 Å². The Morgan fingerprint density at radius 2 is 1.15 bits per heavy atom. The molecule has 0 radical (unpaired) electrons. The normalized spacial score (nSPS) is 12.7. The maximum atomic E-state index is 12.4. The van der Waals surface area contributed by atoms with Gasteiger partial charge in [-0.1, -0.05) is 74.4 Å². The molecule has 4 nitrogen and oxygen atoms in total. The summed E-state index contributed by atoms with van der Waals surface area (Å²) in [5, 5.41) is 0. The number of hydrogen-bond donors (Lipinski definition) is 0. The molecule has 0 aliphatic rings. The molecule has 27 heavy (non-hydrogen) atoms. The summed E-state index contributed by atoms with van der Waals surface area (Å²) in [6.45, 7) is 19.3. The molecule has 0 aromatic heterocycles. The Morgan fingerprint density at radius 1 is 0.741 bits per heavy atom. The van der Waals surface area contributed by atoms with Gasteiger partial charge in [0, 0.05) is 11.1 Å². The Hall–Kier alpha value is -1.84. The average Bonchev–Trinajstić information content (AvgIpc) is 2.49. The molecule has 1 aromatic carbocycles. The van der Waals surface area contributed by atoms with Gasteiger partial charge < -0.3 is 9.47 Å². The van der Waals surface area contributed by atoms with Crippen molar-refractivity contribution in [2.45, 2.75) is 91.4 Å². The number of carbonyl (C=O) groups is 2. The van der Waals surface area contributed by atoms with Crippen molar-refractivity contribution in [1.29, 1.82) is 0 Å². The first-order valence-electron chi connectivity index (χ1n) is 9.54. The molecule has 0 saturated heterocycles. The first kappa shape index (κ1) is 23.2. The Labute approximate surface area is 164 Å². The SMILES string of the molecule is COC(=O)CCC(=O)Oc1c(C(C)(C)C)cc(C(C)(C)C)cc1C(C)(C)C. The molecule has 0 unspecified atom stereocenters. The van der Waals surface area contributed by atoms with Crippen molar-refractivity contribution in [2.75, 3.05) is 7.11 Å². The highest BCUT2D eigenvalue weighted by Crippen LogP contribution is 2.43. The first-order chi connectivity index (χ1) is 12.1. The van der Waals surface area contributed by atoms with Gasteiger partial charge in [0.2, 0.25) is 0 Å². The third kappa shape index (κ3) is 6.37. The lowest BCUT2D eigenvalue weighted by Gasteiger charge is -2.32. The molecule has 1 aromatic rings. The van der Waals surface area contributed by atoms with E-state index in [9.17, 15) is 9.59 Å². The predicted molar refractivity (Wildman–Crippen MR) is 109 cm³/mol. The molecule has 0 N–H and O–H groups in total. The van der Waals surface area contributed by atoms with Crippen molar-refractivity contribution in [3.8, 4) is 5.75 Å². The number of carbonyl (C=O) groups excluding carboxylic acids is 2. The number of hydrogen-bond acceptors (Lipinski definition) is 4. The second-order valence-electron chi connectivity index (χ2n) is 10.2. The maximum Gasteiger partial charge on any atom is 0.311 e. The van der Waals surface area contributed by atoms with Crippen LogP contribution in [0.3, 0.4) is 0 Å². The van der Waals surface area contributed by atoms with Crippen molar-refractivity contribution in [2.24, 2.45) is 0 Å². The van der Waals surface area contributed by atoms with Crippen LogP contribution in [0.4, 0.5) is 0 Å². The smallest absolute Gasteiger partial charge is 0.311 e. The average molecular weight is 377 g/mol. The number of esters is 2. The third-order valence-corrected chi connectivity index (χ3v) is 4.55. The summed E-state index contributed by atoms with van der Waals surface area (Å²) in [5.41, 5.74) is 2.82. The van der Waals surface area contributed by atoms with Gasteiger partial charge in [-0.3, -0.25) is 9.59 Å². The molecule has 0 heterocycles. The molecule has 0 saturated carbocycles. The molecule has 0 atom stereocenters. The van der Waals surface area contributed by atoms with E-state index in [1.165, 1.54) is 12.7 Å². The van der Waals surface area contributed by atoms with E-state index in [1.807, 2.05) is 0 Å². The molecule has 0 fully saturated rings. The van der Waals surface area contributed by atoms with Crippen LogP contribution in [-0.4, -0.2) is 19.0 Å². The van der Waals surface area contributed by atoms with Gasteiger partial charge in [0.05, 0.1) is 20.0 Å². The van der Waals surface area contributed by atoms with Crippen LogP contribution >= 0.6 is 0 Å². The lowest BCUT2D eigenvalue weighted by atomic mass is 9.74.